The SMILES string of the molecule is CCCOc1ccc(C2Nc3ccccc3C(=O)N2Cc2ccc3c(c2)OCO3)cc1OC. The lowest BCUT2D eigenvalue weighted by molar-refractivity contribution is 0.0666. The molecule has 5 rings (SSSR count). The van der Waals surface area contributed by atoms with Crippen molar-refractivity contribution in [1.29, 1.82) is 0 Å². The summed E-state index contributed by atoms with van der Waals surface area (Å²) in [7, 11) is 1.62. The lowest BCUT2D eigenvalue weighted by Crippen LogP contribution is -2.42. The molecule has 0 radical (unpaired) electrons. The summed E-state index contributed by atoms with van der Waals surface area (Å²) >= 11 is 0. The van der Waals surface area contributed by atoms with E-state index in [1.54, 1.807) is 7.11 Å². The van der Waals surface area contributed by atoms with Gasteiger partial charge in [-0.1, -0.05) is 31.2 Å². The average molecular weight is 447 g/mol. The molecule has 0 saturated carbocycles. The van der Waals surface area contributed by atoms with Crippen molar-refractivity contribution in [3.63, 3.8) is 0 Å². The number of nitrogens with one attached hydrogen (secondary N) is 1. The molecule has 2 aliphatic rings. The molecule has 1 atom stereocenters. The number of rotatable bonds is 7. The highest BCUT2D eigenvalue weighted by molar-refractivity contribution is 6.01. The van der Waals surface area contributed by atoms with E-state index in [4.69, 9.17) is 18.9 Å². The van der Waals surface area contributed by atoms with Crippen LogP contribution in [0.1, 0.15) is 41.0 Å². The number of hydrogen-bond donors (Lipinski definition) is 1. The molecule has 170 valence electrons. The third kappa shape index (κ3) is 4.02. The van der Waals surface area contributed by atoms with Crippen molar-refractivity contribution in [2.24, 2.45) is 0 Å². The molecule has 0 aliphatic carbocycles. The first kappa shape index (κ1) is 21.0. The molecular weight excluding hydrogens is 420 g/mol. The van der Waals surface area contributed by atoms with Gasteiger partial charge in [-0.05, 0) is 53.9 Å². The summed E-state index contributed by atoms with van der Waals surface area (Å²) in [6.45, 7) is 3.28. The van der Waals surface area contributed by atoms with Crippen molar-refractivity contribution in [3.8, 4) is 23.0 Å². The second kappa shape index (κ2) is 8.94. The Balaban J connectivity index is 1.51. The second-order valence-corrected chi connectivity index (χ2v) is 7.97. The lowest BCUT2D eigenvalue weighted by atomic mass is 10.0. The number of benzene rings is 3. The van der Waals surface area contributed by atoms with E-state index >= 15 is 0 Å². The van der Waals surface area contributed by atoms with Gasteiger partial charge < -0.3 is 29.2 Å². The van der Waals surface area contributed by atoms with Gasteiger partial charge in [0.15, 0.2) is 23.0 Å². The molecule has 2 aliphatic heterocycles. The molecule has 1 N–H and O–H groups in total. The Kier molecular flexibility index (Phi) is 5.69. The van der Waals surface area contributed by atoms with Gasteiger partial charge in [-0.15, -0.1) is 0 Å². The zero-order valence-electron chi connectivity index (χ0n) is 18.7. The van der Waals surface area contributed by atoms with Gasteiger partial charge >= 0.3 is 0 Å². The Labute approximate surface area is 192 Å². The molecule has 2 heterocycles. The van der Waals surface area contributed by atoms with Crippen molar-refractivity contribution < 1.29 is 23.7 Å². The first-order valence-electron chi connectivity index (χ1n) is 11.0. The van der Waals surface area contributed by atoms with E-state index in [0.29, 0.717) is 36.0 Å². The van der Waals surface area contributed by atoms with Crippen LogP contribution >= 0.6 is 0 Å². The summed E-state index contributed by atoms with van der Waals surface area (Å²) in [5.74, 6) is 2.69. The molecule has 3 aromatic rings. The first-order valence-corrected chi connectivity index (χ1v) is 11.0. The molecule has 0 saturated heterocycles. The summed E-state index contributed by atoms with van der Waals surface area (Å²) in [6.07, 6.45) is 0.524. The molecule has 1 unspecified atom stereocenters. The van der Waals surface area contributed by atoms with Crippen LogP contribution in [-0.4, -0.2) is 31.3 Å². The first-order chi connectivity index (χ1) is 16.2. The zero-order valence-corrected chi connectivity index (χ0v) is 18.7. The predicted octanol–water partition coefficient (Wildman–Crippen LogP) is 4.98. The molecular formula is C26H26N2O5. The van der Waals surface area contributed by atoms with Crippen LogP contribution in [0.15, 0.2) is 60.7 Å². The van der Waals surface area contributed by atoms with Gasteiger partial charge in [0, 0.05) is 12.2 Å². The molecule has 0 fully saturated rings. The minimum Gasteiger partial charge on any atom is -0.493 e. The maximum Gasteiger partial charge on any atom is 0.258 e. The van der Waals surface area contributed by atoms with Crippen LogP contribution in [0.2, 0.25) is 0 Å². The number of carbonyl (C=O) groups excluding carboxylic acids is 1. The number of para-hydroxylation sites is 1. The van der Waals surface area contributed by atoms with Gasteiger partial charge in [-0.2, -0.15) is 0 Å². The smallest absolute Gasteiger partial charge is 0.258 e. The number of amides is 1. The highest BCUT2D eigenvalue weighted by atomic mass is 16.7. The predicted molar refractivity (Wildman–Crippen MR) is 124 cm³/mol. The van der Waals surface area contributed by atoms with Gasteiger partial charge in [-0.3, -0.25) is 4.79 Å². The van der Waals surface area contributed by atoms with E-state index < -0.39 is 0 Å². The van der Waals surface area contributed by atoms with Gasteiger partial charge in [0.05, 0.1) is 19.3 Å². The molecule has 0 aromatic heterocycles. The van der Waals surface area contributed by atoms with Crippen LogP contribution in [0.5, 0.6) is 23.0 Å². The van der Waals surface area contributed by atoms with Crippen LogP contribution in [0.4, 0.5) is 5.69 Å². The number of ether oxygens (including phenoxy) is 4. The van der Waals surface area contributed by atoms with E-state index in [0.717, 1.165) is 29.0 Å². The minimum absolute atomic E-state index is 0.0442. The third-order valence-electron chi connectivity index (χ3n) is 5.78. The molecule has 7 heteroatoms. The van der Waals surface area contributed by atoms with Crippen LogP contribution in [0.25, 0.3) is 0 Å². The largest absolute Gasteiger partial charge is 0.493 e. The lowest BCUT2D eigenvalue weighted by Gasteiger charge is -2.38. The Morgan fingerprint density at radius 3 is 2.73 bits per heavy atom. The average Bonchev–Trinajstić information content (AvgIpc) is 3.32. The summed E-state index contributed by atoms with van der Waals surface area (Å²) in [5, 5.41) is 3.53. The Bertz CT molecular complexity index is 1180. The highest BCUT2D eigenvalue weighted by Crippen LogP contribution is 2.39. The summed E-state index contributed by atoms with van der Waals surface area (Å²) < 4.78 is 22.3. The third-order valence-corrected chi connectivity index (χ3v) is 5.78. The van der Waals surface area contributed by atoms with E-state index in [1.165, 1.54) is 0 Å². The molecule has 1 amide bonds. The second-order valence-electron chi connectivity index (χ2n) is 7.97. The Morgan fingerprint density at radius 1 is 1.03 bits per heavy atom. The van der Waals surface area contributed by atoms with Crippen molar-refractivity contribution in [1.82, 2.24) is 4.90 Å². The summed E-state index contributed by atoms with van der Waals surface area (Å²) in [6, 6.07) is 19.1. The number of nitrogens with zero attached hydrogens (tertiary/aromatic N) is 1. The fourth-order valence-electron chi connectivity index (χ4n) is 4.14. The molecule has 0 bridgehead atoms. The van der Waals surface area contributed by atoms with Crippen molar-refractivity contribution >= 4 is 11.6 Å². The molecule has 33 heavy (non-hydrogen) atoms. The molecule has 0 spiro atoms. The van der Waals surface area contributed by atoms with Gasteiger partial charge in [0.25, 0.3) is 5.91 Å². The Morgan fingerprint density at radius 2 is 1.88 bits per heavy atom. The summed E-state index contributed by atoms with van der Waals surface area (Å²) in [5.41, 5.74) is 3.30. The molecule has 3 aromatic carbocycles. The maximum absolute atomic E-state index is 13.6. The van der Waals surface area contributed by atoms with E-state index in [-0.39, 0.29) is 18.9 Å². The topological polar surface area (TPSA) is 69.3 Å². The van der Waals surface area contributed by atoms with E-state index in [9.17, 15) is 4.79 Å². The minimum atomic E-state index is -0.382. The Hall–Kier alpha value is -3.87. The van der Waals surface area contributed by atoms with E-state index in [1.807, 2.05) is 65.6 Å². The normalized spacial score (nSPS) is 16.2. The number of anilines is 1. The van der Waals surface area contributed by atoms with Crippen molar-refractivity contribution in [2.45, 2.75) is 26.1 Å². The van der Waals surface area contributed by atoms with Crippen LogP contribution < -0.4 is 24.3 Å². The summed E-state index contributed by atoms with van der Waals surface area (Å²) in [4.78, 5) is 15.4. The standard InChI is InChI=1S/C26H26N2O5/c1-3-12-31-21-11-9-18(14-23(21)30-2)25-27-20-7-5-4-6-19(20)26(29)28(25)15-17-8-10-22-24(13-17)33-16-32-22/h4-11,13-14,25,27H,3,12,15-16H2,1-2H3. The van der Waals surface area contributed by atoms with Gasteiger partial charge in [-0.25, -0.2) is 0 Å². The monoisotopic (exact) mass is 446 g/mol. The zero-order chi connectivity index (χ0) is 22.8. The number of hydrogen-bond acceptors (Lipinski definition) is 6. The van der Waals surface area contributed by atoms with Crippen LogP contribution in [0, 0.1) is 0 Å². The maximum atomic E-state index is 13.6. The molecule has 7 nitrogen and oxygen atoms in total. The number of methoxy groups -OCH3 is 1. The quantitative estimate of drug-likeness (QED) is 0.552. The van der Waals surface area contributed by atoms with Gasteiger partial charge in [0.2, 0.25) is 6.79 Å². The fourth-order valence-corrected chi connectivity index (χ4v) is 4.14. The van der Waals surface area contributed by atoms with Gasteiger partial charge in [0.1, 0.15) is 6.17 Å². The highest BCUT2D eigenvalue weighted by Gasteiger charge is 2.33. The van der Waals surface area contributed by atoms with Crippen molar-refractivity contribution in [2.75, 3.05) is 25.8 Å². The number of carbonyl (C=O) groups is 1. The number of fused-ring (bicyclic) bond motifs is 2. The van der Waals surface area contributed by atoms with Crippen molar-refractivity contribution in [3.05, 3.63) is 77.4 Å². The van der Waals surface area contributed by atoms with Crippen LogP contribution in [-0.2, 0) is 6.54 Å². The van der Waals surface area contributed by atoms with Crippen LogP contribution in [0.3, 0.4) is 0 Å². The fraction of sp³-hybridized carbons (Fsp3) is 0.269. The van der Waals surface area contributed by atoms with E-state index in [2.05, 4.69) is 12.2 Å².